The van der Waals surface area contributed by atoms with Crippen molar-refractivity contribution < 1.29 is 0 Å². The van der Waals surface area contributed by atoms with E-state index in [-0.39, 0.29) is 5.28 Å². The van der Waals surface area contributed by atoms with Crippen LogP contribution >= 0.6 is 11.6 Å². The Morgan fingerprint density at radius 2 is 2.29 bits per heavy atom. The number of nitrogens with zero attached hydrogens (tertiary/aromatic N) is 4. The summed E-state index contributed by atoms with van der Waals surface area (Å²) in [6, 6.07) is 0. The van der Waals surface area contributed by atoms with Crippen LogP contribution in [0.5, 0.6) is 0 Å². The van der Waals surface area contributed by atoms with Gasteiger partial charge in [0.1, 0.15) is 5.52 Å². The molecule has 0 spiro atoms. The van der Waals surface area contributed by atoms with Gasteiger partial charge in [-0.3, -0.25) is 0 Å². The zero-order chi connectivity index (χ0) is 11.8. The monoisotopic (exact) mass is 251 g/mol. The highest BCUT2D eigenvalue weighted by Crippen LogP contribution is 2.29. The van der Waals surface area contributed by atoms with Crippen molar-refractivity contribution in [1.29, 1.82) is 0 Å². The second-order valence-corrected chi connectivity index (χ2v) is 4.93. The highest BCUT2D eigenvalue weighted by Gasteiger charge is 2.21. The summed E-state index contributed by atoms with van der Waals surface area (Å²) in [6.07, 6.45) is 5.60. The van der Waals surface area contributed by atoms with Crippen LogP contribution in [0.1, 0.15) is 19.3 Å². The molecule has 2 heterocycles. The molecule has 5 nitrogen and oxygen atoms in total. The van der Waals surface area contributed by atoms with Gasteiger partial charge in [0.05, 0.1) is 6.33 Å². The van der Waals surface area contributed by atoms with Crippen LogP contribution in [-0.2, 0) is 0 Å². The number of aromatic amines is 1. The summed E-state index contributed by atoms with van der Waals surface area (Å²) in [6.45, 7) is 1.02. The van der Waals surface area contributed by atoms with Gasteiger partial charge in [0, 0.05) is 13.6 Å². The van der Waals surface area contributed by atoms with E-state index < -0.39 is 0 Å². The molecule has 1 saturated carbocycles. The molecule has 0 aliphatic heterocycles. The first kappa shape index (κ1) is 10.8. The summed E-state index contributed by atoms with van der Waals surface area (Å²) in [5.74, 6) is 1.62. The van der Waals surface area contributed by atoms with Crippen molar-refractivity contribution in [3.05, 3.63) is 11.6 Å². The molecule has 3 rings (SSSR count). The molecule has 0 bridgehead atoms. The second-order valence-electron chi connectivity index (χ2n) is 4.59. The van der Waals surface area contributed by atoms with Gasteiger partial charge in [-0.15, -0.1) is 0 Å². The number of rotatable bonds is 3. The third-order valence-corrected chi connectivity index (χ3v) is 3.53. The van der Waals surface area contributed by atoms with Crippen LogP contribution in [0.25, 0.3) is 11.2 Å². The summed E-state index contributed by atoms with van der Waals surface area (Å²) in [5, 5.41) is 0.250. The Bertz CT molecular complexity index is 534. The molecular weight excluding hydrogens is 238 g/mol. The van der Waals surface area contributed by atoms with E-state index >= 15 is 0 Å². The number of halogens is 1. The lowest BCUT2D eigenvalue weighted by Gasteiger charge is -2.30. The first-order valence-corrected chi connectivity index (χ1v) is 6.19. The molecule has 2 aromatic heterocycles. The lowest BCUT2D eigenvalue weighted by molar-refractivity contribution is 0.321. The fourth-order valence-corrected chi connectivity index (χ4v) is 2.38. The van der Waals surface area contributed by atoms with Crippen molar-refractivity contribution in [3.8, 4) is 0 Å². The van der Waals surface area contributed by atoms with Crippen molar-refractivity contribution in [3.63, 3.8) is 0 Å². The SMILES string of the molecule is CN(CC1CCC1)c1nc(Cl)nc2nc[nH]c12. The average molecular weight is 252 g/mol. The van der Waals surface area contributed by atoms with Crippen molar-refractivity contribution in [2.24, 2.45) is 5.92 Å². The largest absolute Gasteiger partial charge is 0.357 e. The number of nitrogens with one attached hydrogen (secondary N) is 1. The minimum absolute atomic E-state index is 0.250. The molecule has 1 fully saturated rings. The Labute approximate surface area is 104 Å². The van der Waals surface area contributed by atoms with Crippen molar-refractivity contribution in [2.75, 3.05) is 18.5 Å². The number of anilines is 1. The molecule has 1 N–H and O–H groups in total. The van der Waals surface area contributed by atoms with E-state index in [2.05, 4.69) is 24.8 Å². The fraction of sp³-hybridized carbons (Fsp3) is 0.545. The van der Waals surface area contributed by atoms with Gasteiger partial charge < -0.3 is 9.88 Å². The Hall–Kier alpha value is -1.36. The summed E-state index contributed by atoms with van der Waals surface area (Å²) in [5.41, 5.74) is 1.48. The van der Waals surface area contributed by atoms with Crippen LogP contribution in [0.2, 0.25) is 5.28 Å². The van der Waals surface area contributed by atoms with Crippen LogP contribution in [-0.4, -0.2) is 33.5 Å². The highest BCUT2D eigenvalue weighted by atomic mass is 35.5. The van der Waals surface area contributed by atoms with Gasteiger partial charge >= 0.3 is 0 Å². The summed E-state index contributed by atoms with van der Waals surface area (Å²) in [4.78, 5) is 17.7. The van der Waals surface area contributed by atoms with E-state index in [0.717, 1.165) is 23.8 Å². The van der Waals surface area contributed by atoms with Gasteiger partial charge in [-0.05, 0) is 30.4 Å². The van der Waals surface area contributed by atoms with Gasteiger partial charge in [0.15, 0.2) is 11.5 Å². The van der Waals surface area contributed by atoms with E-state index in [1.807, 2.05) is 7.05 Å². The molecule has 0 radical (unpaired) electrons. The minimum atomic E-state index is 0.250. The number of aromatic nitrogens is 4. The standard InChI is InChI=1S/C11H14ClN5/c1-17(5-7-3-2-4-7)10-8-9(14-6-13-8)15-11(12)16-10/h6-7H,2-5H2,1H3,(H,13,14,15,16). The maximum absolute atomic E-state index is 5.91. The Morgan fingerprint density at radius 3 is 3.00 bits per heavy atom. The maximum Gasteiger partial charge on any atom is 0.226 e. The van der Waals surface area contributed by atoms with E-state index in [9.17, 15) is 0 Å². The highest BCUT2D eigenvalue weighted by molar-refractivity contribution is 6.28. The van der Waals surface area contributed by atoms with E-state index in [4.69, 9.17) is 11.6 Å². The fourth-order valence-electron chi connectivity index (χ4n) is 2.22. The minimum Gasteiger partial charge on any atom is -0.357 e. The van der Waals surface area contributed by atoms with E-state index in [0.29, 0.717) is 5.65 Å². The third kappa shape index (κ3) is 1.95. The van der Waals surface area contributed by atoms with Gasteiger partial charge in [-0.2, -0.15) is 9.97 Å². The Kier molecular flexibility index (Phi) is 2.63. The predicted molar refractivity (Wildman–Crippen MR) is 67.3 cm³/mol. The molecule has 17 heavy (non-hydrogen) atoms. The molecule has 0 saturated heterocycles. The topological polar surface area (TPSA) is 57.7 Å². The number of imidazole rings is 1. The number of H-pyrrole nitrogens is 1. The van der Waals surface area contributed by atoms with Crippen molar-refractivity contribution in [2.45, 2.75) is 19.3 Å². The summed E-state index contributed by atoms with van der Waals surface area (Å²) < 4.78 is 0. The molecule has 6 heteroatoms. The molecule has 1 aliphatic carbocycles. The number of fused-ring (bicyclic) bond motifs is 1. The van der Waals surface area contributed by atoms with E-state index in [1.54, 1.807) is 6.33 Å². The zero-order valence-electron chi connectivity index (χ0n) is 9.65. The van der Waals surface area contributed by atoms with Gasteiger partial charge in [0.2, 0.25) is 5.28 Å². The third-order valence-electron chi connectivity index (χ3n) is 3.36. The zero-order valence-corrected chi connectivity index (χ0v) is 10.4. The predicted octanol–water partition coefficient (Wildman–Crippen LogP) is 2.24. The average Bonchev–Trinajstić information content (AvgIpc) is 2.69. The molecule has 0 atom stereocenters. The normalized spacial score (nSPS) is 16.1. The molecular formula is C11H14ClN5. The van der Waals surface area contributed by atoms with Gasteiger partial charge in [-0.25, -0.2) is 4.98 Å². The lowest BCUT2D eigenvalue weighted by atomic mass is 9.85. The van der Waals surface area contributed by atoms with Crippen LogP contribution in [0.15, 0.2) is 6.33 Å². The molecule has 0 amide bonds. The molecule has 1 aliphatic rings. The first-order valence-electron chi connectivity index (χ1n) is 5.82. The summed E-state index contributed by atoms with van der Waals surface area (Å²) in [7, 11) is 2.04. The van der Waals surface area contributed by atoms with Gasteiger partial charge in [0.25, 0.3) is 0 Å². The van der Waals surface area contributed by atoms with Crippen LogP contribution in [0.4, 0.5) is 5.82 Å². The first-order chi connectivity index (χ1) is 8.24. The summed E-state index contributed by atoms with van der Waals surface area (Å²) >= 11 is 5.91. The van der Waals surface area contributed by atoms with Crippen molar-refractivity contribution in [1.82, 2.24) is 19.9 Å². The maximum atomic E-state index is 5.91. The van der Waals surface area contributed by atoms with Crippen LogP contribution in [0.3, 0.4) is 0 Å². The van der Waals surface area contributed by atoms with Crippen LogP contribution in [0, 0.1) is 5.92 Å². The molecule has 2 aromatic rings. The number of hydrogen-bond donors (Lipinski definition) is 1. The smallest absolute Gasteiger partial charge is 0.226 e. The Balaban J connectivity index is 1.94. The molecule has 90 valence electrons. The molecule has 0 unspecified atom stereocenters. The van der Waals surface area contributed by atoms with Gasteiger partial charge in [-0.1, -0.05) is 6.42 Å². The molecule has 0 aromatic carbocycles. The quantitative estimate of drug-likeness (QED) is 0.850. The second kappa shape index (κ2) is 4.14. The number of hydrogen-bond acceptors (Lipinski definition) is 4. The Morgan fingerprint density at radius 1 is 1.47 bits per heavy atom. The lowest BCUT2D eigenvalue weighted by Crippen LogP contribution is -2.30. The van der Waals surface area contributed by atoms with Crippen LogP contribution < -0.4 is 4.90 Å². The van der Waals surface area contributed by atoms with E-state index in [1.165, 1.54) is 19.3 Å². The van der Waals surface area contributed by atoms with Crippen molar-refractivity contribution >= 4 is 28.6 Å².